The summed E-state index contributed by atoms with van der Waals surface area (Å²) in [5, 5.41) is 0. The SMILES string of the molecule is CC(C)OC(=O)c1c(N)n(CCC[NH+]2CCOCC2)c2nc3ccccc3nc12. The molecule has 1 saturated heterocycles. The lowest BCUT2D eigenvalue weighted by Gasteiger charge is -2.23. The second kappa shape index (κ2) is 8.34. The summed E-state index contributed by atoms with van der Waals surface area (Å²) in [4.78, 5) is 23.8. The number of fused-ring (bicyclic) bond motifs is 2. The lowest BCUT2D eigenvalue weighted by molar-refractivity contribution is -0.908. The van der Waals surface area contributed by atoms with Crippen molar-refractivity contribution in [1.29, 1.82) is 0 Å². The molecule has 0 spiro atoms. The maximum atomic E-state index is 12.8. The Kier molecular flexibility index (Phi) is 5.64. The standard InChI is InChI=1S/C21H27N5O3/c1-14(2)29-21(27)17-18-20(24-16-7-4-3-6-15(16)23-18)26(19(17)22)9-5-8-25-10-12-28-13-11-25/h3-4,6-7,14H,5,8-13,22H2,1-2H3/p+1. The van der Waals surface area contributed by atoms with Crippen LogP contribution in [0.2, 0.25) is 0 Å². The molecule has 3 N–H and O–H groups in total. The number of nitrogen functional groups attached to an aromatic ring is 1. The van der Waals surface area contributed by atoms with Gasteiger partial charge in [-0.25, -0.2) is 14.8 Å². The number of anilines is 1. The van der Waals surface area contributed by atoms with E-state index in [0.717, 1.165) is 50.3 Å². The molecule has 1 aliphatic heterocycles. The summed E-state index contributed by atoms with van der Waals surface area (Å²) in [6, 6.07) is 7.63. The van der Waals surface area contributed by atoms with E-state index in [4.69, 9.17) is 25.2 Å². The normalized spacial score (nSPS) is 15.4. The van der Waals surface area contributed by atoms with Crippen LogP contribution in [0.1, 0.15) is 30.6 Å². The number of nitrogens with zero attached hydrogens (tertiary/aromatic N) is 3. The molecule has 0 aliphatic carbocycles. The number of morpholine rings is 1. The highest BCUT2D eigenvalue weighted by molar-refractivity contribution is 6.08. The van der Waals surface area contributed by atoms with Gasteiger partial charge in [-0.3, -0.25) is 0 Å². The van der Waals surface area contributed by atoms with Crippen LogP contribution in [-0.2, 0) is 16.0 Å². The molecule has 0 saturated carbocycles. The maximum absolute atomic E-state index is 12.8. The van der Waals surface area contributed by atoms with Crippen molar-refractivity contribution in [3.05, 3.63) is 29.8 Å². The van der Waals surface area contributed by atoms with Crippen LogP contribution in [0, 0.1) is 0 Å². The van der Waals surface area contributed by atoms with E-state index in [1.165, 1.54) is 4.90 Å². The van der Waals surface area contributed by atoms with Crippen molar-refractivity contribution in [2.75, 3.05) is 38.6 Å². The topological polar surface area (TPSA) is 96.7 Å². The van der Waals surface area contributed by atoms with E-state index in [-0.39, 0.29) is 6.10 Å². The average Bonchev–Trinajstić information content (AvgIpc) is 2.97. The number of esters is 1. The monoisotopic (exact) mass is 398 g/mol. The largest absolute Gasteiger partial charge is 0.459 e. The Morgan fingerprint density at radius 3 is 2.62 bits per heavy atom. The number of carbonyl (C=O) groups is 1. The highest BCUT2D eigenvalue weighted by atomic mass is 16.5. The van der Waals surface area contributed by atoms with E-state index in [1.54, 1.807) is 0 Å². The molecule has 1 aromatic carbocycles. The number of nitrogens with two attached hydrogens (primary N) is 1. The van der Waals surface area contributed by atoms with E-state index in [2.05, 4.69) is 0 Å². The van der Waals surface area contributed by atoms with Crippen molar-refractivity contribution in [2.45, 2.75) is 32.9 Å². The zero-order valence-corrected chi connectivity index (χ0v) is 17.0. The van der Waals surface area contributed by atoms with E-state index in [1.807, 2.05) is 42.7 Å². The lowest BCUT2D eigenvalue weighted by Crippen LogP contribution is -3.14. The third kappa shape index (κ3) is 4.04. The van der Waals surface area contributed by atoms with Gasteiger partial charge in [0.1, 0.15) is 30.0 Å². The minimum atomic E-state index is -0.454. The fourth-order valence-electron chi connectivity index (χ4n) is 3.81. The summed E-state index contributed by atoms with van der Waals surface area (Å²) < 4.78 is 12.8. The smallest absolute Gasteiger partial charge is 0.344 e. The molecule has 1 fully saturated rings. The molecular weight excluding hydrogens is 370 g/mol. The highest BCUT2D eigenvalue weighted by Gasteiger charge is 2.26. The zero-order valence-electron chi connectivity index (χ0n) is 17.0. The molecule has 1 aliphatic rings. The van der Waals surface area contributed by atoms with Crippen LogP contribution in [0.5, 0.6) is 0 Å². The van der Waals surface area contributed by atoms with Crippen LogP contribution in [0.3, 0.4) is 0 Å². The molecule has 4 rings (SSSR count). The Labute approximate surface area is 169 Å². The fraction of sp³-hybridized carbons (Fsp3) is 0.476. The zero-order chi connectivity index (χ0) is 20.4. The quantitative estimate of drug-likeness (QED) is 0.602. The van der Waals surface area contributed by atoms with Gasteiger partial charge in [-0.2, -0.15) is 0 Å². The molecule has 0 atom stereocenters. The van der Waals surface area contributed by atoms with Crippen molar-refractivity contribution in [3.63, 3.8) is 0 Å². The predicted octanol–water partition coefficient (Wildman–Crippen LogP) is 1.04. The van der Waals surface area contributed by atoms with E-state index in [9.17, 15) is 4.79 Å². The van der Waals surface area contributed by atoms with Crippen LogP contribution in [0.25, 0.3) is 22.2 Å². The number of hydrogen-bond acceptors (Lipinski definition) is 6. The predicted molar refractivity (Wildman–Crippen MR) is 111 cm³/mol. The summed E-state index contributed by atoms with van der Waals surface area (Å²) in [6.07, 6.45) is 0.690. The Bertz CT molecular complexity index is 1020. The minimum Gasteiger partial charge on any atom is -0.459 e. The summed E-state index contributed by atoms with van der Waals surface area (Å²) in [6.45, 7) is 9.01. The van der Waals surface area contributed by atoms with Gasteiger partial charge in [-0.1, -0.05) is 12.1 Å². The Morgan fingerprint density at radius 1 is 1.24 bits per heavy atom. The van der Waals surface area contributed by atoms with Gasteiger partial charge >= 0.3 is 5.97 Å². The van der Waals surface area contributed by atoms with E-state index >= 15 is 0 Å². The number of hydrogen-bond donors (Lipinski definition) is 2. The number of aryl methyl sites for hydroxylation is 1. The van der Waals surface area contributed by atoms with Crippen molar-refractivity contribution in [1.82, 2.24) is 14.5 Å². The van der Waals surface area contributed by atoms with Gasteiger partial charge in [-0.15, -0.1) is 0 Å². The molecule has 3 heterocycles. The Hall–Kier alpha value is -2.71. The molecule has 154 valence electrons. The van der Waals surface area contributed by atoms with Gasteiger partial charge in [-0.05, 0) is 26.0 Å². The summed E-state index contributed by atoms with van der Waals surface area (Å²) in [7, 11) is 0. The highest BCUT2D eigenvalue weighted by Crippen LogP contribution is 2.29. The van der Waals surface area contributed by atoms with E-state index in [0.29, 0.717) is 29.1 Å². The summed E-state index contributed by atoms with van der Waals surface area (Å²) >= 11 is 0. The van der Waals surface area contributed by atoms with Gasteiger partial charge in [0.25, 0.3) is 0 Å². The lowest BCUT2D eigenvalue weighted by atomic mass is 10.2. The number of rotatable bonds is 6. The molecule has 0 radical (unpaired) electrons. The molecule has 0 bridgehead atoms. The second-order valence-electron chi connectivity index (χ2n) is 7.72. The number of ether oxygens (including phenoxy) is 2. The van der Waals surface area contributed by atoms with Crippen molar-refractivity contribution >= 4 is 34.0 Å². The molecule has 0 amide bonds. The van der Waals surface area contributed by atoms with Crippen LogP contribution < -0.4 is 10.6 Å². The van der Waals surface area contributed by atoms with Gasteiger partial charge in [0.05, 0.1) is 36.9 Å². The first-order valence-corrected chi connectivity index (χ1v) is 10.2. The molecule has 8 nitrogen and oxygen atoms in total. The number of para-hydroxylation sites is 2. The molecule has 8 heteroatoms. The van der Waals surface area contributed by atoms with E-state index < -0.39 is 5.97 Å². The van der Waals surface area contributed by atoms with Crippen molar-refractivity contribution in [2.24, 2.45) is 0 Å². The Morgan fingerprint density at radius 2 is 1.93 bits per heavy atom. The van der Waals surface area contributed by atoms with Gasteiger partial charge < -0.3 is 24.7 Å². The first-order valence-electron chi connectivity index (χ1n) is 10.2. The number of carbonyl (C=O) groups excluding carboxylic acids is 1. The first kappa shape index (κ1) is 19.6. The van der Waals surface area contributed by atoms with Crippen LogP contribution in [-0.4, -0.2) is 59.5 Å². The van der Waals surface area contributed by atoms with Crippen LogP contribution in [0.15, 0.2) is 24.3 Å². The fourth-order valence-corrected chi connectivity index (χ4v) is 3.81. The minimum absolute atomic E-state index is 0.237. The molecule has 2 aromatic heterocycles. The van der Waals surface area contributed by atoms with Crippen molar-refractivity contribution < 1.29 is 19.2 Å². The Balaban J connectivity index is 1.70. The van der Waals surface area contributed by atoms with Gasteiger partial charge in [0.15, 0.2) is 5.65 Å². The third-order valence-electron chi connectivity index (χ3n) is 5.25. The van der Waals surface area contributed by atoms with Crippen LogP contribution in [0.4, 0.5) is 5.82 Å². The van der Waals surface area contributed by atoms with Gasteiger partial charge in [0, 0.05) is 13.0 Å². The molecule has 3 aromatic rings. The van der Waals surface area contributed by atoms with Crippen LogP contribution >= 0.6 is 0 Å². The number of aromatic nitrogens is 3. The molecule has 0 unspecified atom stereocenters. The number of nitrogens with one attached hydrogen (secondary N) is 1. The number of benzene rings is 1. The van der Waals surface area contributed by atoms with Gasteiger partial charge in [0.2, 0.25) is 0 Å². The number of quaternary nitrogens is 1. The second-order valence-corrected chi connectivity index (χ2v) is 7.72. The molecule has 29 heavy (non-hydrogen) atoms. The first-order chi connectivity index (χ1) is 14.0. The summed E-state index contributed by atoms with van der Waals surface area (Å²) in [5.41, 5.74) is 9.39. The average molecular weight is 398 g/mol. The van der Waals surface area contributed by atoms with Crippen molar-refractivity contribution in [3.8, 4) is 0 Å². The maximum Gasteiger partial charge on any atom is 0.344 e. The third-order valence-corrected chi connectivity index (χ3v) is 5.25. The summed E-state index contributed by atoms with van der Waals surface area (Å²) in [5.74, 6) is -0.0810. The molecular formula is C21H28N5O3+.